The van der Waals surface area contributed by atoms with Gasteiger partial charge in [-0.2, -0.15) is 0 Å². The number of thiazole rings is 1. The lowest BCUT2D eigenvalue weighted by atomic mass is 9.93. The maximum atomic E-state index is 13.6. The zero-order valence-corrected chi connectivity index (χ0v) is 21.0. The number of allylic oxidation sites excluding steroid dienone is 1. The summed E-state index contributed by atoms with van der Waals surface area (Å²) in [7, 11) is 2.97. The molecule has 0 spiro atoms. The van der Waals surface area contributed by atoms with Crippen molar-refractivity contribution < 1.29 is 14.3 Å². The minimum atomic E-state index is -0.611. The van der Waals surface area contributed by atoms with Crippen LogP contribution in [0.15, 0.2) is 63.5 Å². The van der Waals surface area contributed by atoms with Crippen LogP contribution in [0.1, 0.15) is 55.0 Å². The van der Waals surface area contributed by atoms with E-state index in [-0.39, 0.29) is 5.56 Å². The normalized spacial score (nSPS) is 15.9. The monoisotopic (exact) mass is 476 g/mol. The van der Waals surface area contributed by atoms with Gasteiger partial charge in [-0.05, 0) is 54.2 Å². The van der Waals surface area contributed by atoms with Crippen molar-refractivity contribution in [3.63, 3.8) is 0 Å². The van der Waals surface area contributed by atoms with Gasteiger partial charge in [-0.25, -0.2) is 9.79 Å². The van der Waals surface area contributed by atoms with Gasteiger partial charge in [0.15, 0.2) is 4.80 Å². The zero-order chi connectivity index (χ0) is 24.6. The molecule has 4 rings (SSSR count). The minimum Gasteiger partial charge on any atom is -0.496 e. The second-order valence-corrected chi connectivity index (χ2v) is 9.63. The number of hydrogen-bond donors (Lipinski definition) is 0. The minimum absolute atomic E-state index is 0.199. The molecule has 176 valence electrons. The van der Waals surface area contributed by atoms with Crippen LogP contribution in [0.25, 0.3) is 6.08 Å². The molecule has 0 saturated heterocycles. The molecular formula is C27H28N2O4S. The quantitative estimate of drug-likeness (QED) is 0.525. The molecule has 0 bridgehead atoms. The van der Waals surface area contributed by atoms with Gasteiger partial charge in [0, 0.05) is 0 Å². The molecular weight excluding hydrogens is 448 g/mol. The van der Waals surface area contributed by atoms with E-state index in [9.17, 15) is 9.59 Å². The smallest absolute Gasteiger partial charge is 0.338 e. The Morgan fingerprint density at radius 2 is 1.82 bits per heavy atom. The van der Waals surface area contributed by atoms with E-state index in [1.165, 1.54) is 24.0 Å². The molecule has 3 aromatic rings. The highest BCUT2D eigenvalue weighted by Crippen LogP contribution is 2.31. The highest BCUT2D eigenvalue weighted by Gasteiger charge is 2.33. The topological polar surface area (TPSA) is 69.9 Å². The maximum Gasteiger partial charge on any atom is 0.338 e. The Hall–Kier alpha value is -3.45. The number of hydrogen-bond acceptors (Lipinski definition) is 6. The Bertz CT molecular complexity index is 1460. The molecule has 0 radical (unpaired) electrons. The second-order valence-electron chi connectivity index (χ2n) is 8.62. The van der Waals surface area contributed by atoms with Gasteiger partial charge in [-0.15, -0.1) is 0 Å². The Kier molecular flexibility index (Phi) is 6.57. The Morgan fingerprint density at radius 1 is 1.12 bits per heavy atom. The highest BCUT2D eigenvalue weighted by atomic mass is 32.1. The lowest BCUT2D eigenvalue weighted by Crippen LogP contribution is -2.39. The van der Waals surface area contributed by atoms with Gasteiger partial charge in [-0.1, -0.05) is 61.6 Å². The number of carbonyl (C=O) groups is 1. The van der Waals surface area contributed by atoms with Crippen molar-refractivity contribution in [3.05, 3.63) is 95.7 Å². The summed E-state index contributed by atoms with van der Waals surface area (Å²) >= 11 is 1.31. The van der Waals surface area contributed by atoms with Crippen molar-refractivity contribution in [2.45, 2.75) is 39.7 Å². The van der Waals surface area contributed by atoms with Crippen molar-refractivity contribution in [2.24, 2.45) is 4.99 Å². The van der Waals surface area contributed by atoms with Crippen LogP contribution >= 0.6 is 11.3 Å². The Labute approximate surface area is 202 Å². The fraction of sp³-hybridized carbons (Fsp3) is 0.296. The molecule has 2 aromatic carbocycles. The van der Waals surface area contributed by atoms with Crippen LogP contribution in [0.4, 0.5) is 0 Å². The van der Waals surface area contributed by atoms with Gasteiger partial charge in [0.05, 0.1) is 36.1 Å². The van der Waals surface area contributed by atoms with E-state index in [1.54, 1.807) is 18.6 Å². The molecule has 0 N–H and O–H groups in total. The van der Waals surface area contributed by atoms with Gasteiger partial charge in [0.2, 0.25) is 0 Å². The number of rotatable bonds is 5. The van der Waals surface area contributed by atoms with E-state index in [2.05, 4.69) is 18.8 Å². The first-order valence-corrected chi connectivity index (χ1v) is 11.9. The zero-order valence-electron chi connectivity index (χ0n) is 20.2. The molecule has 7 heteroatoms. The van der Waals surface area contributed by atoms with Gasteiger partial charge >= 0.3 is 5.97 Å². The number of fused-ring (bicyclic) bond motifs is 1. The second kappa shape index (κ2) is 9.43. The summed E-state index contributed by atoms with van der Waals surface area (Å²) in [6.07, 6.45) is 1.84. The average molecular weight is 477 g/mol. The first kappa shape index (κ1) is 23.7. The molecule has 6 nitrogen and oxygen atoms in total. The molecule has 1 aliphatic heterocycles. The first-order chi connectivity index (χ1) is 16.2. The molecule has 1 aromatic heterocycles. The van der Waals surface area contributed by atoms with E-state index >= 15 is 0 Å². The molecule has 0 fully saturated rings. The lowest BCUT2D eigenvalue weighted by molar-refractivity contribution is -0.136. The Morgan fingerprint density at radius 3 is 2.44 bits per heavy atom. The number of methoxy groups -OCH3 is 2. The van der Waals surface area contributed by atoms with Crippen molar-refractivity contribution in [2.75, 3.05) is 14.2 Å². The van der Waals surface area contributed by atoms with E-state index in [1.807, 2.05) is 55.5 Å². The fourth-order valence-corrected chi connectivity index (χ4v) is 5.20. The van der Waals surface area contributed by atoms with Gasteiger partial charge in [0.25, 0.3) is 5.56 Å². The van der Waals surface area contributed by atoms with E-state index < -0.39 is 12.0 Å². The van der Waals surface area contributed by atoms with Gasteiger partial charge in [-0.3, -0.25) is 9.36 Å². The van der Waals surface area contributed by atoms with Crippen LogP contribution in [0, 0.1) is 6.92 Å². The van der Waals surface area contributed by atoms with Crippen molar-refractivity contribution in [3.8, 4) is 5.75 Å². The molecule has 0 aliphatic carbocycles. The molecule has 0 unspecified atom stereocenters. The number of esters is 1. The van der Waals surface area contributed by atoms with Crippen molar-refractivity contribution in [1.82, 2.24) is 4.57 Å². The van der Waals surface area contributed by atoms with Crippen LogP contribution in [-0.2, 0) is 9.53 Å². The third-order valence-corrected chi connectivity index (χ3v) is 7.06. The van der Waals surface area contributed by atoms with Crippen LogP contribution < -0.4 is 19.6 Å². The van der Waals surface area contributed by atoms with Crippen molar-refractivity contribution in [1.29, 1.82) is 0 Å². The van der Waals surface area contributed by atoms with Gasteiger partial charge in [0.1, 0.15) is 5.75 Å². The van der Waals surface area contributed by atoms with E-state index in [0.29, 0.717) is 26.5 Å². The summed E-state index contributed by atoms with van der Waals surface area (Å²) in [4.78, 5) is 31.6. The third-order valence-electron chi connectivity index (χ3n) is 6.08. The standard InChI is InChI=1S/C27H28N2O4S/c1-15(2)19-9-11-20(12-10-19)24-23(26(31)33-6)17(4)28-27-29(24)25(30)22(34-27)14-18-8-7-16(3)21(13-18)32-5/h7-15,24H,1-6H3/b22-14-/t24-/m0/s1. The Balaban J connectivity index is 1.93. The van der Waals surface area contributed by atoms with Crippen LogP contribution in [0.2, 0.25) is 0 Å². The summed E-state index contributed by atoms with van der Waals surface area (Å²) in [5, 5.41) is 0. The number of nitrogens with zero attached hydrogens (tertiary/aromatic N) is 2. The number of aryl methyl sites for hydroxylation is 1. The van der Waals surface area contributed by atoms with Crippen LogP contribution in [-0.4, -0.2) is 24.8 Å². The molecule has 34 heavy (non-hydrogen) atoms. The summed E-state index contributed by atoms with van der Waals surface area (Å²) in [5.41, 5.74) is 4.62. The summed E-state index contributed by atoms with van der Waals surface area (Å²) in [6, 6.07) is 13.2. The van der Waals surface area contributed by atoms with Crippen molar-refractivity contribution >= 4 is 23.4 Å². The van der Waals surface area contributed by atoms with Gasteiger partial charge < -0.3 is 9.47 Å². The molecule has 0 amide bonds. The molecule has 1 atom stereocenters. The summed E-state index contributed by atoms with van der Waals surface area (Å²) in [5.74, 6) is 0.644. The fourth-order valence-electron chi connectivity index (χ4n) is 4.15. The van der Waals surface area contributed by atoms with E-state index in [4.69, 9.17) is 9.47 Å². The largest absolute Gasteiger partial charge is 0.496 e. The lowest BCUT2D eigenvalue weighted by Gasteiger charge is -2.24. The van der Waals surface area contributed by atoms with Crippen LogP contribution in [0.3, 0.4) is 0 Å². The summed E-state index contributed by atoms with van der Waals surface area (Å²) in [6.45, 7) is 8.01. The number of aromatic nitrogens is 1. The SMILES string of the molecule is COC(=O)C1=C(C)N=c2s/c(=C\c3ccc(C)c(OC)c3)c(=O)n2[C@H]1c1ccc(C(C)C)cc1. The average Bonchev–Trinajstić information content (AvgIpc) is 3.13. The molecule has 1 aliphatic rings. The molecule has 0 saturated carbocycles. The third kappa shape index (κ3) is 4.23. The van der Waals surface area contributed by atoms with E-state index in [0.717, 1.165) is 22.4 Å². The predicted octanol–water partition coefficient (Wildman–Crippen LogP) is 3.85. The number of benzene rings is 2. The highest BCUT2D eigenvalue weighted by molar-refractivity contribution is 7.07. The maximum absolute atomic E-state index is 13.6. The van der Waals surface area contributed by atoms with Crippen LogP contribution in [0.5, 0.6) is 5.75 Å². The first-order valence-electron chi connectivity index (χ1n) is 11.1. The summed E-state index contributed by atoms with van der Waals surface area (Å²) < 4.78 is 12.6. The predicted molar refractivity (Wildman–Crippen MR) is 134 cm³/mol. The number of carbonyl (C=O) groups excluding carboxylic acids is 1. The molecule has 2 heterocycles. The number of ether oxygens (including phenoxy) is 2.